The highest BCUT2D eigenvalue weighted by Gasteiger charge is 2.26. The molecule has 5 rings (SSSR count). The van der Waals surface area contributed by atoms with E-state index in [1.54, 1.807) is 42.5 Å². The molecule has 0 aliphatic carbocycles. The third-order valence-electron chi connectivity index (χ3n) is 4.66. The van der Waals surface area contributed by atoms with Crippen LogP contribution in [0.1, 0.15) is 15.9 Å². The molecule has 1 aliphatic rings. The van der Waals surface area contributed by atoms with Gasteiger partial charge in [0.25, 0.3) is 5.91 Å². The van der Waals surface area contributed by atoms with Crippen molar-refractivity contribution in [3.63, 3.8) is 0 Å². The number of fused-ring (bicyclic) bond motifs is 2. The number of allylic oxidation sites excluding steroid dienone is 1. The lowest BCUT2D eigenvalue weighted by Crippen LogP contribution is -2.19. The number of hydrogen-bond acceptors (Lipinski definition) is 6. The monoisotopic (exact) mass is 428 g/mol. The lowest BCUT2D eigenvalue weighted by molar-refractivity contribution is -0.118. The van der Waals surface area contributed by atoms with E-state index in [1.807, 2.05) is 36.4 Å². The Kier molecular flexibility index (Phi) is 4.93. The van der Waals surface area contributed by atoms with Crippen molar-refractivity contribution in [2.24, 2.45) is 0 Å². The summed E-state index contributed by atoms with van der Waals surface area (Å²) in [6, 6.07) is 21.9. The zero-order valence-electron chi connectivity index (χ0n) is 16.2. The van der Waals surface area contributed by atoms with E-state index < -0.39 is 0 Å². The number of hydrogen-bond donors (Lipinski definition) is 1. The van der Waals surface area contributed by atoms with Crippen molar-refractivity contribution < 1.29 is 19.1 Å². The number of ether oxygens (including phenoxy) is 2. The van der Waals surface area contributed by atoms with E-state index in [9.17, 15) is 9.59 Å². The Morgan fingerprint density at radius 3 is 2.61 bits per heavy atom. The smallest absolute Gasteiger partial charge is 0.264 e. The average Bonchev–Trinajstić information content (AvgIpc) is 3.33. The van der Waals surface area contributed by atoms with Gasteiger partial charge in [0.05, 0.1) is 15.8 Å². The molecule has 0 radical (unpaired) electrons. The van der Waals surface area contributed by atoms with E-state index in [0.29, 0.717) is 22.2 Å². The van der Waals surface area contributed by atoms with Gasteiger partial charge in [-0.1, -0.05) is 47.7 Å². The van der Waals surface area contributed by atoms with E-state index in [1.165, 1.54) is 11.3 Å². The molecule has 6 nitrogen and oxygen atoms in total. The lowest BCUT2D eigenvalue weighted by Gasteiger charge is -2.06. The highest BCUT2D eigenvalue weighted by Crippen LogP contribution is 2.31. The molecule has 4 aromatic rings. The molecule has 7 heteroatoms. The van der Waals surface area contributed by atoms with Crippen LogP contribution in [0.3, 0.4) is 0 Å². The molecule has 0 fully saturated rings. The highest BCUT2D eigenvalue weighted by atomic mass is 32.1. The zero-order valence-corrected chi connectivity index (χ0v) is 17.0. The van der Waals surface area contributed by atoms with Crippen LogP contribution in [0.4, 0.5) is 5.13 Å². The Hall–Kier alpha value is -3.97. The van der Waals surface area contributed by atoms with Crippen LogP contribution in [0.5, 0.6) is 11.5 Å². The summed E-state index contributed by atoms with van der Waals surface area (Å²) in [4.78, 5) is 28.9. The molecular formula is C24H16N2O4S. The van der Waals surface area contributed by atoms with Crippen molar-refractivity contribution in [1.29, 1.82) is 0 Å². The topological polar surface area (TPSA) is 77.5 Å². The number of para-hydroxylation sites is 2. The van der Waals surface area contributed by atoms with Crippen molar-refractivity contribution in [3.8, 4) is 11.5 Å². The molecule has 0 atom stereocenters. The molecule has 1 aromatic heterocycles. The summed E-state index contributed by atoms with van der Waals surface area (Å²) in [5.41, 5.74) is 2.21. The van der Waals surface area contributed by atoms with Crippen LogP contribution < -0.4 is 14.8 Å². The second-order valence-corrected chi connectivity index (χ2v) is 7.86. The fraction of sp³-hybridized carbons (Fsp3) is 0.0417. The van der Waals surface area contributed by atoms with Gasteiger partial charge >= 0.3 is 0 Å². The van der Waals surface area contributed by atoms with Gasteiger partial charge in [-0.15, -0.1) is 0 Å². The van der Waals surface area contributed by atoms with Gasteiger partial charge in [0, 0.05) is 0 Å². The Morgan fingerprint density at radius 2 is 1.81 bits per heavy atom. The summed E-state index contributed by atoms with van der Waals surface area (Å²) < 4.78 is 12.2. The van der Waals surface area contributed by atoms with Gasteiger partial charge in [-0.25, -0.2) is 4.98 Å². The van der Waals surface area contributed by atoms with Crippen LogP contribution in [0, 0.1) is 0 Å². The Bertz CT molecular complexity index is 1290. The van der Waals surface area contributed by atoms with Gasteiger partial charge in [0.15, 0.2) is 17.5 Å². The normalized spacial score (nSPS) is 13.8. The third kappa shape index (κ3) is 4.04. The molecular weight excluding hydrogens is 412 g/mol. The number of benzene rings is 3. The van der Waals surface area contributed by atoms with Crippen LogP contribution in [-0.4, -0.2) is 23.3 Å². The maximum absolute atomic E-state index is 12.4. The molecule has 0 saturated carbocycles. The highest BCUT2D eigenvalue weighted by molar-refractivity contribution is 7.22. The quantitative estimate of drug-likeness (QED) is 0.456. The second kappa shape index (κ2) is 8.04. The van der Waals surface area contributed by atoms with Crippen molar-refractivity contribution >= 4 is 44.5 Å². The van der Waals surface area contributed by atoms with E-state index in [4.69, 9.17) is 9.47 Å². The standard InChI is InChI=1S/C24H16N2O4S/c27-22(26-24-25-18-6-2-4-8-21(18)31-24)14-29-16-11-9-15(10-12-16)13-20-23(28)17-5-1-3-7-19(17)30-20/h1-13H,14H2,(H,25,26,27)/b20-13-. The maximum Gasteiger partial charge on any atom is 0.264 e. The number of amides is 1. The van der Waals surface area contributed by atoms with Gasteiger partial charge in [-0.2, -0.15) is 0 Å². The van der Waals surface area contributed by atoms with Crippen LogP contribution >= 0.6 is 11.3 Å². The number of thiazole rings is 1. The molecule has 1 amide bonds. The first-order valence-electron chi connectivity index (χ1n) is 9.57. The first kappa shape index (κ1) is 19.0. The minimum absolute atomic E-state index is 0.132. The number of carbonyl (C=O) groups excluding carboxylic acids is 2. The number of Topliss-reactive ketones (excluding diaryl/α,β-unsaturated/α-hetero) is 1. The number of nitrogens with zero attached hydrogens (tertiary/aromatic N) is 1. The minimum atomic E-state index is -0.284. The van der Waals surface area contributed by atoms with Crippen LogP contribution in [-0.2, 0) is 4.79 Å². The molecule has 1 N–H and O–H groups in total. The SMILES string of the molecule is O=C(COc1ccc(/C=C2\Oc3ccccc3C2=O)cc1)Nc1nc2ccccc2s1. The number of aromatic nitrogens is 1. The van der Waals surface area contributed by atoms with Gasteiger partial charge in [-0.3, -0.25) is 14.9 Å². The lowest BCUT2D eigenvalue weighted by atomic mass is 10.1. The number of ketones is 1. The van der Waals surface area contributed by atoms with E-state index >= 15 is 0 Å². The molecule has 2 heterocycles. The van der Waals surface area contributed by atoms with Crippen molar-refractivity contribution in [1.82, 2.24) is 4.98 Å². The fourth-order valence-electron chi connectivity index (χ4n) is 3.18. The molecule has 31 heavy (non-hydrogen) atoms. The maximum atomic E-state index is 12.4. The first-order chi connectivity index (χ1) is 15.2. The molecule has 1 aliphatic heterocycles. The van der Waals surface area contributed by atoms with Gasteiger partial charge in [-0.05, 0) is 48.0 Å². The summed E-state index contributed by atoms with van der Waals surface area (Å²) in [6.07, 6.45) is 1.69. The third-order valence-corrected chi connectivity index (χ3v) is 5.62. The minimum Gasteiger partial charge on any atom is -0.484 e. The van der Waals surface area contributed by atoms with Crippen molar-refractivity contribution in [3.05, 3.63) is 89.7 Å². The van der Waals surface area contributed by atoms with Crippen LogP contribution in [0.2, 0.25) is 0 Å². The summed E-state index contributed by atoms with van der Waals surface area (Å²) in [7, 11) is 0. The average molecular weight is 428 g/mol. The number of anilines is 1. The van der Waals surface area contributed by atoms with Crippen LogP contribution in [0.15, 0.2) is 78.6 Å². The molecule has 152 valence electrons. The predicted molar refractivity (Wildman–Crippen MR) is 120 cm³/mol. The Morgan fingerprint density at radius 1 is 1.03 bits per heavy atom. The van der Waals surface area contributed by atoms with E-state index in [-0.39, 0.29) is 24.1 Å². The second-order valence-electron chi connectivity index (χ2n) is 6.83. The first-order valence-corrected chi connectivity index (χ1v) is 10.4. The molecule has 3 aromatic carbocycles. The summed E-state index contributed by atoms with van der Waals surface area (Å²) in [6.45, 7) is -0.132. The molecule has 0 bridgehead atoms. The molecule has 0 saturated heterocycles. The van der Waals surface area contributed by atoms with Gasteiger partial charge < -0.3 is 9.47 Å². The Balaban J connectivity index is 1.19. The van der Waals surface area contributed by atoms with Gasteiger partial charge in [0.1, 0.15) is 11.5 Å². The van der Waals surface area contributed by atoms with E-state index in [2.05, 4.69) is 10.3 Å². The summed E-state index contributed by atoms with van der Waals surface area (Å²) in [5.74, 6) is 0.974. The summed E-state index contributed by atoms with van der Waals surface area (Å²) in [5, 5.41) is 3.30. The van der Waals surface area contributed by atoms with Crippen LogP contribution in [0.25, 0.3) is 16.3 Å². The van der Waals surface area contributed by atoms with E-state index in [0.717, 1.165) is 15.8 Å². The number of rotatable bonds is 5. The fourth-order valence-corrected chi connectivity index (χ4v) is 4.06. The van der Waals surface area contributed by atoms with Crippen molar-refractivity contribution in [2.45, 2.75) is 0 Å². The molecule has 0 spiro atoms. The van der Waals surface area contributed by atoms with Crippen molar-refractivity contribution in [2.75, 3.05) is 11.9 Å². The Labute approximate surface area is 181 Å². The molecule has 0 unspecified atom stereocenters. The van der Waals surface area contributed by atoms with Gasteiger partial charge in [0.2, 0.25) is 5.78 Å². The number of carbonyl (C=O) groups is 2. The number of nitrogens with one attached hydrogen (secondary N) is 1. The summed E-state index contributed by atoms with van der Waals surface area (Å²) >= 11 is 1.42. The zero-order chi connectivity index (χ0) is 21.2. The largest absolute Gasteiger partial charge is 0.484 e. The predicted octanol–water partition coefficient (Wildman–Crippen LogP) is 4.93.